The SMILES string of the molecule is Cc1ccc(S(=O)(=O)O)cc1.Cc1nc(OCC(=O)N(C)C2CCN(Cc3ccccc3)CC2)nc(C)c1N. The van der Waals surface area contributed by atoms with Crippen molar-refractivity contribution in [1.82, 2.24) is 19.8 Å². The lowest BCUT2D eigenvalue weighted by atomic mass is 10.0. The fourth-order valence-corrected chi connectivity index (χ4v) is 4.69. The molecular weight excluding hydrogens is 518 g/mol. The van der Waals surface area contributed by atoms with Gasteiger partial charge >= 0.3 is 6.01 Å². The largest absolute Gasteiger partial charge is 0.453 e. The Hall–Kier alpha value is -3.54. The number of ether oxygens (including phenoxy) is 1. The van der Waals surface area contributed by atoms with Gasteiger partial charge in [0.25, 0.3) is 16.0 Å². The first-order valence-electron chi connectivity index (χ1n) is 12.7. The van der Waals surface area contributed by atoms with Gasteiger partial charge in [-0.1, -0.05) is 48.0 Å². The molecule has 1 aromatic heterocycles. The Morgan fingerprint density at radius 3 is 2.13 bits per heavy atom. The summed E-state index contributed by atoms with van der Waals surface area (Å²) in [4.78, 5) is 25.1. The van der Waals surface area contributed by atoms with Crippen molar-refractivity contribution in [2.45, 2.75) is 51.1 Å². The number of likely N-dealkylation sites (N-methyl/N-ethyl adjacent to an activating group) is 1. The molecule has 3 N–H and O–H groups in total. The van der Waals surface area contributed by atoms with E-state index in [1.54, 1.807) is 30.9 Å². The van der Waals surface area contributed by atoms with E-state index >= 15 is 0 Å². The van der Waals surface area contributed by atoms with Gasteiger partial charge in [0.1, 0.15) is 0 Å². The molecule has 1 saturated heterocycles. The number of carbonyl (C=O) groups is 1. The zero-order valence-corrected chi connectivity index (χ0v) is 23.7. The number of benzene rings is 2. The predicted octanol–water partition coefficient (Wildman–Crippen LogP) is 3.42. The number of nitrogen functional groups attached to an aromatic ring is 1. The van der Waals surface area contributed by atoms with Gasteiger partial charge in [0.05, 0.1) is 22.0 Å². The summed E-state index contributed by atoms with van der Waals surface area (Å²) in [6.45, 7) is 8.30. The number of piperidine rings is 1. The molecule has 11 heteroatoms. The average Bonchev–Trinajstić information content (AvgIpc) is 2.91. The van der Waals surface area contributed by atoms with E-state index in [2.05, 4.69) is 39.1 Å². The maximum Gasteiger partial charge on any atom is 0.317 e. The number of carbonyl (C=O) groups excluding carboxylic acids is 1. The number of amides is 1. The van der Waals surface area contributed by atoms with Crippen LogP contribution in [0.2, 0.25) is 0 Å². The van der Waals surface area contributed by atoms with Gasteiger partial charge in [0.15, 0.2) is 6.61 Å². The topological polar surface area (TPSA) is 139 Å². The second-order valence-corrected chi connectivity index (χ2v) is 11.1. The smallest absolute Gasteiger partial charge is 0.317 e. The first kappa shape index (κ1) is 30.0. The van der Waals surface area contributed by atoms with Crippen LogP contribution in [0.25, 0.3) is 0 Å². The number of rotatable bonds is 7. The maximum absolute atomic E-state index is 12.5. The number of likely N-dealkylation sites (tertiary alicyclic amines) is 1. The lowest BCUT2D eigenvalue weighted by molar-refractivity contribution is -0.135. The van der Waals surface area contributed by atoms with Crippen molar-refractivity contribution in [3.8, 4) is 6.01 Å². The molecule has 210 valence electrons. The summed E-state index contributed by atoms with van der Waals surface area (Å²) >= 11 is 0. The minimum Gasteiger partial charge on any atom is -0.453 e. The molecule has 2 aromatic carbocycles. The molecule has 1 aliphatic heterocycles. The predicted molar refractivity (Wildman–Crippen MR) is 150 cm³/mol. The third-order valence-corrected chi connectivity index (χ3v) is 7.56. The first-order valence-corrected chi connectivity index (χ1v) is 14.2. The van der Waals surface area contributed by atoms with Gasteiger partial charge in [-0.2, -0.15) is 18.4 Å². The number of nitrogens with zero attached hydrogens (tertiary/aromatic N) is 4. The molecule has 0 atom stereocenters. The second-order valence-electron chi connectivity index (χ2n) is 9.67. The van der Waals surface area contributed by atoms with Crippen LogP contribution in [0.3, 0.4) is 0 Å². The Morgan fingerprint density at radius 2 is 1.59 bits per heavy atom. The zero-order chi connectivity index (χ0) is 28.6. The Balaban J connectivity index is 0.000000320. The molecule has 0 spiro atoms. The molecule has 10 nitrogen and oxygen atoms in total. The normalized spacial score (nSPS) is 14.3. The highest BCUT2D eigenvalue weighted by Gasteiger charge is 2.25. The highest BCUT2D eigenvalue weighted by Crippen LogP contribution is 2.19. The van der Waals surface area contributed by atoms with Gasteiger partial charge in [-0.05, 0) is 51.3 Å². The van der Waals surface area contributed by atoms with E-state index < -0.39 is 10.1 Å². The van der Waals surface area contributed by atoms with E-state index in [1.807, 2.05) is 20.0 Å². The lowest BCUT2D eigenvalue weighted by Crippen LogP contribution is -2.46. The van der Waals surface area contributed by atoms with E-state index in [0.29, 0.717) is 17.1 Å². The first-order chi connectivity index (χ1) is 18.4. The van der Waals surface area contributed by atoms with Crippen LogP contribution < -0.4 is 10.5 Å². The average molecular weight is 556 g/mol. The van der Waals surface area contributed by atoms with Gasteiger partial charge in [-0.15, -0.1) is 0 Å². The molecule has 1 fully saturated rings. The molecule has 0 saturated carbocycles. The van der Waals surface area contributed by atoms with Crippen molar-refractivity contribution < 1.29 is 22.5 Å². The summed E-state index contributed by atoms with van der Waals surface area (Å²) in [5, 5.41) is 0. The number of aromatic nitrogens is 2. The second kappa shape index (κ2) is 13.5. The van der Waals surface area contributed by atoms with E-state index in [1.165, 1.54) is 17.7 Å². The van der Waals surface area contributed by atoms with Crippen LogP contribution in [0.1, 0.15) is 35.4 Å². The van der Waals surface area contributed by atoms with E-state index in [-0.39, 0.29) is 29.5 Å². The van der Waals surface area contributed by atoms with Crippen molar-refractivity contribution in [3.63, 3.8) is 0 Å². The van der Waals surface area contributed by atoms with Crippen LogP contribution in [-0.4, -0.2) is 71.4 Å². The third-order valence-electron chi connectivity index (χ3n) is 6.70. The minimum absolute atomic E-state index is 0.0581. The minimum atomic E-state index is -4.02. The highest BCUT2D eigenvalue weighted by atomic mass is 32.2. The third kappa shape index (κ3) is 9.02. The summed E-state index contributed by atoms with van der Waals surface area (Å²) in [5.74, 6) is -0.0581. The zero-order valence-electron chi connectivity index (χ0n) is 22.9. The lowest BCUT2D eigenvalue weighted by Gasteiger charge is -2.36. The van der Waals surface area contributed by atoms with Crippen molar-refractivity contribution in [2.24, 2.45) is 0 Å². The summed E-state index contributed by atoms with van der Waals surface area (Å²) in [6.07, 6.45) is 1.93. The van der Waals surface area contributed by atoms with Gasteiger partial charge in [-0.25, -0.2) is 0 Å². The van der Waals surface area contributed by atoms with Gasteiger partial charge in [-0.3, -0.25) is 14.2 Å². The summed E-state index contributed by atoms with van der Waals surface area (Å²) in [6, 6.07) is 16.9. The molecule has 0 aliphatic carbocycles. The monoisotopic (exact) mass is 555 g/mol. The summed E-state index contributed by atoms with van der Waals surface area (Å²) in [5.41, 5.74) is 10.0. The summed E-state index contributed by atoms with van der Waals surface area (Å²) < 4.78 is 35.1. The molecule has 2 heterocycles. The molecular formula is C28H37N5O5S. The molecule has 0 bridgehead atoms. The number of aryl methyl sites for hydroxylation is 3. The van der Waals surface area contributed by atoms with Crippen LogP contribution in [0.4, 0.5) is 5.69 Å². The fourth-order valence-electron chi connectivity index (χ4n) is 4.21. The molecule has 0 unspecified atom stereocenters. The maximum atomic E-state index is 12.5. The Morgan fingerprint density at radius 1 is 1.03 bits per heavy atom. The van der Waals surface area contributed by atoms with Crippen LogP contribution in [0.15, 0.2) is 59.5 Å². The molecule has 1 aliphatic rings. The molecule has 4 rings (SSSR count). The number of hydrogen-bond donors (Lipinski definition) is 2. The fraction of sp³-hybridized carbons (Fsp3) is 0.393. The van der Waals surface area contributed by atoms with Crippen LogP contribution in [0, 0.1) is 20.8 Å². The van der Waals surface area contributed by atoms with Crippen LogP contribution in [-0.2, 0) is 21.5 Å². The van der Waals surface area contributed by atoms with Crippen molar-refractivity contribution in [1.29, 1.82) is 0 Å². The van der Waals surface area contributed by atoms with Gasteiger partial charge in [0.2, 0.25) is 0 Å². The molecule has 0 radical (unpaired) electrons. The Kier molecular flexibility index (Phi) is 10.4. The Labute approximate surface area is 230 Å². The van der Waals surface area contributed by atoms with Gasteiger partial charge in [0, 0.05) is 32.7 Å². The number of anilines is 1. The quantitative estimate of drug-likeness (QED) is 0.420. The number of nitrogens with two attached hydrogens (primary N) is 1. The van der Waals surface area contributed by atoms with E-state index in [9.17, 15) is 13.2 Å². The molecule has 1 amide bonds. The van der Waals surface area contributed by atoms with Crippen LogP contribution in [0.5, 0.6) is 6.01 Å². The van der Waals surface area contributed by atoms with E-state index in [0.717, 1.165) is 38.0 Å². The van der Waals surface area contributed by atoms with Crippen LogP contribution >= 0.6 is 0 Å². The highest BCUT2D eigenvalue weighted by molar-refractivity contribution is 7.85. The molecule has 39 heavy (non-hydrogen) atoms. The standard InChI is InChI=1S/C21H29N5O2.C7H8O3S/c1-15-20(22)16(2)24-21(23-15)28-14-19(27)25(3)18-9-11-26(12-10-18)13-17-7-5-4-6-8-17;1-6-2-4-7(5-3-6)11(8,9)10/h4-8,18H,9-14,22H2,1-3H3;2-5H,1H3,(H,8,9,10). The van der Waals surface area contributed by atoms with E-state index in [4.69, 9.17) is 15.0 Å². The van der Waals surface area contributed by atoms with Crippen molar-refractivity contribution >= 4 is 21.7 Å². The Bertz CT molecular complexity index is 1320. The van der Waals surface area contributed by atoms with Crippen molar-refractivity contribution in [3.05, 3.63) is 77.1 Å². The summed E-state index contributed by atoms with van der Waals surface area (Å²) in [7, 11) is -2.17. The molecule has 3 aromatic rings. The number of hydrogen-bond acceptors (Lipinski definition) is 8. The van der Waals surface area contributed by atoms with Crippen molar-refractivity contribution in [2.75, 3.05) is 32.5 Å². The van der Waals surface area contributed by atoms with Gasteiger partial charge < -0.3 is 15.4 Å².